The van der Waals surface area contributed by atoms with Crippen molar-refractivity contribution >= 4 is 18.5 Å². The molecule has 1 N–H and O–H groups in total. The molecule has 5 heteroatoms. The van der Waals surface area contributed by atoms with Gasteiger partial charge in [0.05, 0.1) is 11.2 Å². The van der Waals surface area contributed by atoms with Gasteiger partial charge in [-0.25, -0.2) is 0 Å². The van der Waals surface area contributed by atoms with Crippen LogP contribution in [0.25, 0.3) is 0 Å². The quantitative estimate of drug-likeness (QED) is 0.820. The lowest BCUT2D eigenvalue weighted by Crippen LogP contribution is -2.41. The fourth-order valence-electron chi connectivity index (χ4n) is 2.56. The summed E-state index contributed by atoms with van der Waals surface area (Å²) in [6.45, 7) is 11.0. The lowest BCUT2D eigenvalue weighted by molar-refractivity contribution is -0.121. The average molecular weight is 317 g/mol. The molecular weight excluding hydrogens is 289 g/mol. The zero-order valence-corrected chi connectivity index (χ0v) is 14.9. The van der Waals surface area contributed by atoms with Crippen LogP contribution in [0.1, 0.15) is 53.0 Å². The molecule has 0 bridgehead atoms. The van der Waals surface area contributed by atoms with Crippen LogP contribution >= 0.6 is 0 Å². The number of hydrogen-bond acceptors (Lipinski definition) is 3. The van der Waals surface area contributed by atoms with E-state index in [-0.39, 0.29) is 24.2 Å². The second-order valence-electron chi connectivity index (χ2n) is 7.14. The fraction of sp³-hybridized carbons (Fsp3) is 0.611. The summed E-state index contributed by atoms with van der Waals surface area (Å²) in [7, 11) is -0.380. The number of rotatable bonds is 6. The predicted octanol–water partition coefficient (Wildman–Crippen LogP) is 2.44. The van der Waals surface area contributed by atoms with Crippen molar-refractivity contribution in [3.8, 4) is 0 Å². The van der Waals surface area contributed by atoms with E-state index in [4.69, 9.17) is 9.31 Å². The van der Waals surface area contributed by atoms with Crippen molar-refractivity contribution in [3.05, 3.63) is 29.8 Å². The van der Waals surface area contributed by atoms with E-state index in [1.165, 1.54) is 0 Å². The molecule has 1 saturated heterocycles. The molecule has 1 amide bonds. The highest BCUT2D eigenvalue weighted by molar-refractivity contribution is 6.62. The SMILES string of the molecule is CCCNC(=O)CCc1ccccc1B1OC(C)(C)C(C)(C)O1. The Bertz CT molecular complexity index is 541. The molecule has 0 radical (unpaired) electrons. The van der Waals surface area contributed by atoms with Crippen molar-refractivity contribution < 1.29 is 14.1 Å². The third kappa shape index (κ3) is 4.15. The molecule has 126 valence electrons. The van der Waals surface area contributed by atoms with Gasteiger partial charge in [0.15, 0.2) is 0 Å². The van der Waals surface area contributed by atoms with Crippen molar-refractivity contribution in [1.29, 1.82) is 0 Å². The number of nitrogens with one attached hydrogen (secondary N) is 1. The van der Waals surface area contributed by atoms with Gasteiger partial charge in [0.2, 0.25) is 5.91 Å². The standard InChI is InChI=1S/C18H28BNO3/c1-6-13-20-16(21)12-11-14-9-7-8-10-15(14)19-22-17(2,3)18(4,5)23-19/h7-10H,6,11-13H2,1-5H3,(H,20,21). The highest BCUT2D eigenvalue weighted by Gasteiger charge is 2.52. The summed E-state index contributed by atoms with van der Waals surface area (Å²) >= 11 is 0. The topological polar surface area (TPSA) is 47.6 Å². The van der Waals surface area contributed by atoms with E-state index in [1.807, 2.05) is 58.9 Å². The Labute approximate surface area is 140 Å². The molecule has 4 nitrogen and oxygen atoms in total. The van der Waals surface area contributed by atoms with Crippen LogP contribution in [-0.2, 0) is 20.5 Å². The zero-order chi connectivity index (χ0) is 17.1. The van der Waals surface area contributed by atoms with Crippen LogP contribution in [0, 0.1) is 0 Å². The molecule has 0 unspecified atom stereocenters. The number of carbonyl (C=O) groups is 1. The van der Waals surface area contributed by atoms with Gasteiger partial charge in [0, 0.05) is 13.0 Å². The molecule has 0 spiro atoms. The third-order valence-electron chi connectivity index (χ3n) is 4.76. The second-order valence-corrected chi connectivity index (χ2v) is 7.14. The lowest BCUT2D eigenvalue weighted by atomic mass is 9.75. The highest BCUT2D eigenvalue weighted by atomic mass is 16.7. The van der Waals surface area contributed by atoms with E-state index in [1.54, 1.807) is 0 Å². The minimum atomic E-state index is -0.380. The Kier molecular flexibility index (Phi) is 5.53. The summed E-state index contributed by atoms with van der Waals surface area (Å²) in [5.41, 5.74) is 1.42. The number of hydrogen-bond donors (Lipinski definition) is 1. The van der Waals surface area contributed by atoms with Crippen LogP contribution in [0.2, 0.25) is 0 Å². The Balaban J connectivity index is 2.08. The van der Waals surface area contributed by atoms with E-state index in [2.05, 4.69) is 5.32 Å². The Morgan fingerprint density at radius 3 is 2.35 bits per heavy atom. The molecule has 1 aromatic rings. The first-order chi connectivity index (χ1) is 10.8. The Morgan fingerprint density at radius 1 is 1.13 bits per heavy atom. The molecule has 1 fully saturated rings. The van der Waals surface area contributed by atoms with Crippen LogP contribution in [0.3, 0.4) is 0 Å². The molecule has 23 heavy (non-hydrogen) atoms. The van der Waals surface area contributed by atoms with Crippen molar-refractivity contribution in [2.45, 2.75) is 65.1 Å². The predicted molar refractivity (Wildman–Crippen MR) is 93.8 cm³/mol. The smallest absolute Gasteiger partial charge is 0.399 e. The van der Waals surface area contributed by atoms with Gasteiger partial charge in [-0.1, -0.05) is 31.2 Å². The largest absolute Gasteiger partial charge is 0.495 e. The molecule has 0 aromatic heterocycles. The van der Waals surface area contributed by atoms with Crippen molar-refractivity contribution in [3.63, 3.8) is 0 Å². The van der Waals surface area contributed by atoms with E-state index in [9.17, 15) is 4.79 Å². The summed E-state index contributed by atoms with van der Waals surface area (Å²) in [4.78, 5) is 11.8. The van der Waals surface area contributed by atoms with Crippen molar-refractivity contribution in [2.75, 3.05) is 6.54 Å². The number of benzene rings is 1. The maximum absolute atomic E-state index is 11.8. The van der Waals surface area contributed by atoms with Gasteiger partial charge in [-0.15, -0.1) is 0 Å². The molecule has 1 aliphatic rings. The van der Waals surface area contributed by atoms with E-state index >= 15 is 0 Å². The molecule has 1 heterocycles. The average Bonchev–Trinajstić information content (AvgIpc) is 2.71. The van der Waals surface area contributed by atoms with E-state index in [0.717, 1.165) is 24.0 Å². The zero-order valence-electron chi connectivity index (χ0n) is 14.9. The molecule has 0 atom stereocenters. The minimum Gasteiger partial charge on any atom is -0.399 e. The van der Waals surface area contributed by atoms with Crippen LogP contribution in [0.15, 0.2) is 24.3 Å². The van der Waals surface area contributed by atoms with Gasteiger partial charge >= 0.3 is 7.12 Å². The molecule has 1 aromatic carbocycles. The van der Waals surface area contributed by atoms with E-state index < -0.39 is 0 Å². The maximum atomic E-state index is 11.8. The van der Waals surface area contributed by atoms with Crippen LogP contribution in [-0.4, -0.2) is 30.8 Å². The van der Waals surface area contributed by atoms with Crippen LogP contribution in [0.5, 0.6) is 0 Å². The number of carbonyl (C=O) groups excluding carboxylic acids is 1. The second kappa shape index (κ2) is 7.06. The summed E-state index contributed by atoms with van der Waals surface area (Å²) in [6, 6.07) is 8.06. The van der Waals surface area contributed by atoms with Gasteiger partial charge < -0.3 is 14.6 Å². The Hall–Kier alpha value is -1.33. The van der Waals surface area contributed by atoms with Crippen molar-refractivity contribution in [1.82, 2.24) is 5.32 Å². The van der Waals surface area contributed by atoms with Gasteiger partial charge in [-0.3, -0.25) is 4.79 Å². The number of aryl methyl sites for hydroxylation is 1. The van der Waals surface area contributed by atoms with Gasteiger partial charge in [-0.2, -0.15) is 0 Å². The number of amides is 1. The molecular formula is C18H28BNO3. The fourth-order valence-corrected chi connectivity index (χ4v) is 2.56. The molecule has 1 aliphatic heterocycles. The maximum Gasteiger partial charge on any atom is 0.495 e. The molecule has 2 rings (SSSR count). The normalized spacial score (nSPS) is 18.9. The summed E-state index contributed by atoms with van der Waals surface area (Å²) in [5.74, 6) is 0.0931. The van der Waals surface area contributed by atoms with Crippen molar-refractivity contribution in [2.24, 2.45) is 0 Å². The Morgan fingerprint density at radius 2 is 1.74 bits per heavy atom. The monoisotopic (exact) mass is 317 g/mol. The molecule has 0 aliphatic carbocycles. The summed E-state index contributed by atoms with van der Waals surface area (Å²) in [5, 5.41) is 2.92. The lowest BCUT2D eigenvalue weighted by Gasteiger charge is -2.32. The van der Waals surface area contributed by atoms with Crippen LogP contribution < -0.4 is 10.8 Å². The summed E-state index contributed by atoms with van der Waals surface area (Å²) in [6.07, 6.45) is 2.13. The van der Waals surface area contributed by atoms with Gasteiger partial charge in [-0.05, 0) is 51.6 Å². The van der Waals surface area contributed by atoms with Gasteiger partial charge in [0.25, 0.3) is 0 Å². The highest BCUT2D eigenvalue weighted by Crippen LogP contribution is 2.36. The van der Waals surface area contributed by atoms with Gasteiger partial charge in [0.1, 0.15) is 0 Å². The van der Waals surface area contributed by atoms with E-state index in [0.29, 0.717) is 12.8 Å². The first-order valence-electron chi connectivity index (χ1n) is 8.47. The van der Waals surface area contributed by atoms with Crippen LogP contribution in [0.4, 0.5) is 0 Å². The third-order valence-corrected chi connectivity index (χ3v) is 4.76. The summed E-state index contributed by atoms with van der Waals surface area (Å²) < 4.78 is 12.3. The first-order valence-corrected chi connectivity index (χ1v) is 8.47. The first kappa shape index (κ1) is 18.0. The minimum absolute atomic E-state index is 0.0931. The molecule has 0 saturated carbocycles.